The van der Waals surface area contributed by atoms with Gasteiger partial charge in [-0.05, 0) is 23.3 Å². The first-order valence-corrected chi connectivity index (χ1v) is 6.38. The maximum Gasteiger partial charge on any atom is 0.129 e. The van der Waals surface area contributed by atoms with E-state index in [1.54, 1.807) is 0 Å². The third-order valence-electron chi connectivity index (χ3n) is 3.25. The maximum atomic E-state index is 4.69. The molecule has 2 nitrogen and oxygen atoms in total. The van der Waals surface area contributed by atoms with Crippen LogP contribution in [0.5, 0.6) is 0 Å². The van der Waals surface area contributed by atoms with Gasteiger partial charge in [-0.2, -0.15) is 0 Å². The zero-order chi connectivity index (χ0) is 13.2. The summed E-state index contributed by atoms with van der Waals surface area (Å²) >= 11 is 0. The lowest BCUT2D eigenvalue weighted by Crippen LogP contribution is -2.10. The molecular formula is C17H16N2. The number of benzene rings is 2. The fourth-order valence-corrected chi connectivity index (χ4v) is 2.25. The van der Waals surface area contributed by atoms with Gasteiger partial charge >= 0.3 is 0 Å². The van der Waals surface area contributed by atoms with Crippen molar-refractivity contribution in [2.45, 2.75) is 0 Å². The number of rotatable bonds is 2. The molecule has 0 bridgehead atoms. The van der Waals surface area contributed by atoms with Crippen LogP contribution in [0.4, 0.5) is 5.82 Å². The minimum Gasteiger partial charge on any atom is -0.363 e. The maximum absolute atomic E-state index is 4.69. The highest BCUT2D eigenvalue weighted by Crippen LogP contribution is 2.30. The van der Waals surface area contributed by atoms with Gasteiger partial charge in [0, 0.05) is 19.5 Å². The molecule has 0 atom stereocenters. The van der Waals surface area contributed by atoms with Gasteiger partial charge in [0.25, 0.3) is 0 Å². The standard InChI is InChI=1S/C17H16N2/c1-19(2)17-12-15(13-8-4-3-5-9-13)14-10-6-7-11-16(14)18-17/h3-12H,1-2H3. The molecule has 0 N–H and O–H groups in total. The Hall–Kier alpha value is -2.35. The van der Waals surface area contributed by atoms with Crippen molar-refractivity contribution in [3.05, 3.63) is 60.7 Å². The Morgan fingerprint density at radius 1 is 0.842 bits per heavy atom. The van der Waals surface area contributed by atoms with Gasteiger partial charge in [0.05, 0.1) is 5.52 Å². The fraction of sp³-hybridized carbons (Fsp3) is 0.118. The molecule has 0 aliphatic carbocycles. The topological polar surface area (TPSA) is 16.1 Å². The summed E-state index contributed by atoms with van der Waals surface area (Å²) in [6.45, 7) is 0. The quantitative estimate of drug-likeness (QED) is 0.682. The number of para-hydroxylation sites is 1. The first kappa shape index (κ1) is 11.7. The molecular weight excluding hydrogens is 232 g/mol. The number of pyridine rings is 1. The molecule has 3 aromatic rings. The summed E-state index contributed by atoms with van der Waals surface area (Å²) < 4.78 is 0. The van der Waals surface area contributed by atoms with Gasteiger partial charge in [-0.15, -0.1) is 0 Å². The molecule has 1 aromatic heterocycles. The molecule has 94 valence electrons. The molecule has 19 heavy (non-hydrogen) atoms. The zero-order valence-corrected chi connectivity index (χ0v) is 11.2. The second-order valence-corrected chi connectivity index (χ2v) is 4.81. The predicted molar refractivity (Wildman–Crippen MR) is 81.5 cm³/mol. The van der Waals surface area contributed by atoms with Gasteiger partial charge < -0.3 is 4.90 Å². The molecule has 2 heteroatoms. The normalized spacial score (nSPS) is 10.6. The molecule has 0 saturated heterocycles. The van der Waals surface area contributed by atoms with Gasteiger partial charge in [0.15, 0.2) is 0 Å². The molecule has 1 heterocycles. The monoisotopic (exact) mass is 248 g/mol. The fourth-order valence-electron chi connectivity index (χ4n) is 2.25. The summed E-state index contributed by atoms with van der Waals surface area (Å²) in [5.74, 6) is 0.984. The lowest BCUT2D eigenvalue weighted by atomic mass is 10.0. The summed E-state index contributed by atoms with van der Waals surface area (Å²) in [7, 11) is 4.04. The van der Waals surface area contributed by atoms with E-state index >= 15 is 0 Å². The Labute approximate surface area is 113 Å². The predicted octanol–water partition coefficient (Wildman–Crippen LogP) is 3.97. The number of aromatic nitrogens is 1. The Bertz CT molecular complexity index is 703. The zero-order valence-electron chi connectivity index (χ0n) is 11.2. The van der Waals surface area contributed by atoms with Crippen LogP contribution in [-0.2, 0) is 0 Å². The molecule has 0 radical (unpaired) electrons. The van der Waals surface area contributed by atoms with Gasteiger partial charge in [0.1, 0.15) is 5.82 Å². The highest BCUT2D eigenvalue weighted by molar-refractivity contribution is 5.96. The third kappa shape index (κ3) is 2.17. The van der Waals surface area contributed by atoms with Crippen molar-refractivity contribution in [3.63, 3.8) is 0 Å². The van der Waals surface area contributed by atoms with Crippen LogP contribution < -0.4 is 4.90 Å². The van der Waals surface area contributed by atoms with Crippen molar-refractivity contribution in [1.29, 1.82) is 0 Å². The third-order valence-corrected chi connectivity index (χ3v) is 3.25. The van der Waals surface area contributed by atoms with Crippen molar-refractivity contribution in [1.82, 2.24) is 4.98 Å². The van der Waals surface area contributed by atoms with Crippen LogP contribution in [-0.4, -0.2) is 19.1 Å². The van der Waals surface area contributed by atoms with Crippen molar-refractivity contribution >= 4 is 16.7 Å². The highest BCUT2D eigenvalue weighted by atomic mass is 15.1. The molecule has 2 aromatic carbocycles. The summed E-state index contributed by atoms with van der Waals surface area (Å²) in [5.41, 5.74) is 3.49. The van der Waals surface area contributed by atoms with Crippen LogP contribution in [0.15, 0.2) is 60.7 Å². The average Bonchev–Trinajstić information content (AvgIpc) is 2.47. The van der Waals surface area contributed by atoms with Crippen LogP contribution in [0.1, 0.15) is 0 Å². The van der Waals surface area contributed by atoms with Crippen molar-refractivity contribution in [2.75, 3.05) is 19.0 Å². The van der Waals surface area contributed by atoms with E-state index < -0.39 is 0 Å². The molecule has 0 fully saturated rings. The second-order valence-electron chi connectivity index (χ2n) is 4.81. The minimum absolute atomic E-state index is 0.984. The summed E-state index contributed by atoms with van der Waals surface area (Å²) in [6, 6.07) is 20.9. The lowest BCUT2D eigenvalue weighted by Gasteiger charge is -2.15. The molecule has 0 aliphatic rings. The number of nitrogens with zero attached hydrogens (tertiary/aromatic N) is 2. The number of fused-ring (bicyclic) bond motifs is 1. The van der Waals surface area contributed by atoms with E-state index in [9.17, 15) is 0 Å². The van der Waals surface area contributed by atoms with Gasteiger partial charge in [-0.3, -0.25) is 0 Å². The first-order valence-electron chi connectivity index (χ1n) is 6.38. The number of anilines is 1. The van der Waals surface area contributed by atoms with E-state index in [2.05, 4.69) is 53.5 Å². The van der Waals surface area contributed by atoms with E-state index in [1.165, 1.54) is 16.5 Å². The summed E-state index contributed by atoms with van der Waals surface area (Å²) in [4.78, 5) is 6.73. The Morgan fingerprint density at radius 2 is 1.53 bits per heavy atom. The van der Waals surface area contributed by atoms with E-state index in [4.69, 9.17) is 0 Å². The van der Waals surface area contributed by atoms with Crippen molar-refractivity contribution < 1.29 is 0 Å². The second kappa shape index (κ2) is 4.73. The van der Waals surface area contributed by atoms with Gasteiger partial charge in [-0.25, -0.2) is 4.98 Å². The molecule has 3 rings (SSSR count). The number of hydrogen-bond acceptors (Lipinski definition) is 2. The molecule has 0 spiro atoms. The van der Waals surface area contributed by atoms with Crippen LogP contribution in [0.3, 0.4) is 0 Å². The van der Waals surface area contributed by atoms with Crippen molar-refractivity contribution in [3.8, 4) is 11.1 Å². The summed E-state index contributed by atoms with van der Waals surface area (Å²) in [6.07, 6.45) is 0. The van der Waals surface area contributed by atoms with Crippen LogP contribution in [0.25, 0.3) is 22.0 Å². The van der Waals surface area contributed by atoms with Crippen LogP contribution >= 0.6 is 0 Å². The van der Waals surface area contributed by atoms with E-state index in [1.807, 2.05) is 31.1 Å². The van der Waals surface area contributed by atoms with E-state index in [0.717, 1.165) is 11.3 Å². The summed E-state index contributed by atoms with van der Waals surface area (Å²) in [5, 5.41) is 1.19. The molecule has 0 saturated carbocycles. The van der Waals surface area contributed by atoms with Crippen molar-refractivity contribution in [2.24, 2.45) is 0 Å². The first-order chi connectivity index (χ1) is 9.25. The average molecular weight is 248 g/mol. The minimum atomic E-state index is 0.984. The van der Waals surface area contributed by atoms with Gasteiger partial charge in [0.2, 0.25) is 0 Å². The molecule has 0 unspecified atom stereocenters. The smallest absolute Gasteiger partial charge is 0.129 e. The molecule has 0 amide bonds. The number of hydrogen-bond donors (Lipinski definition) is 0. The molecule has 0 aliphatic heterocycles. The van der Waals surface area contributed by atoms with Crippen LogP contribution in [0.2, 0.25) is 0 Å². The highest BCUT2D eigenvalue weighted by Gasteiger charge is 2.08. The Balaban J connectivity index is 2.33. The van der Waals surface area contributed by atoms with E-state index in [-0.39, 0.29) is 0 Å². The largest absolute Gasteiger partial charge is 0.363 e. The SMILES string of the molecule is CN(C)c1cc(-c2ccccc2)c2ccccc2n1. The van der Waals surface area contributed by atoms with Crippen LogP contribution in [0, 0.1) is 0 Å². The lowest BCUT2D eigenvalue weighted by molar-refractivity contribution is 1.08. The Morgan fingerprint density at radius 3 is 2.26 bits per heavy atom. The van der Waals surface area contributed by atoms with E-state index in [0.29, 0.717) is 0 Å². The Kier molecular flexibility index (Phi) is 2.92. The van der Waals surface area contributed by atoms with Gasteiger partial charge in [-0.1, -0.05) is 48.5 Å².